The van der Waals surface area contributed by atoms with Crippen LogP contribution in [0.5, 0.6) is 11.5 Å². The van der Waals surface area contributed by atoms with E-state index >= 15 is 0 Å². The van der Waals surface area contributed by atoms with Crippen LogP contribution in [0.15, 0.2) is 72.3 Å². The van der Waals surface area contributed by atoms with Gasteiger partial charge in [-0.1, -0.05) is 26.0 Å². The molecule has 4 rings (SSSR count). The number of nitrogens with zero attached hydrogens (tertiary/aromatic N) is 2. The summed E-state index contributed by atoms with van der Waals surface area (Å²) in [5, 5.41) is 11.6. The second kappa shape index (κ2) is 12.3. The first-order valence-corrected chi connectivity index (χ1v) is 13.7. The number of carbonyl (C=O) groups is 2. The zero-order chi connectivity index (χ0) is 29.0. The molecule has 1 unspecified atom stereocenters. The molecular weight excluding hydrogens is 504 g/mol. The molecule has 7 nitrogen and oxygen atoms in total. The average molecular weight is 543 g/mol. The molecule has 1 heterocycles. The maximum Gasteiger partial charge on any atom is 0.300 e. The number of rotatable bonds is 10. The molecule has 0 spiro atoms. The first-order chi connectivity index (χ1) is 19.2. The number of aryl methyl sites for hydroxylation is 1. The SMILES string of the molecule is CCN(CC)c1ccc(C2/C(=C(/O)c3ccc(OCC(C)C)c(C)c3)C(=O)C(=O)N2c2ccc(OC)cc2)cc1. The highest BCUT2D eigenvalue weighted by Gasteiger charge is 2.47. The summed E-state index contributed by atoms with van der Waals surface area (Å²) >= 11 is 0. The molecule has 0 radical (unpaired) electrons. The molecule has 210 valence electrons. The van der Waals surface area contributed by atoms with Gasteiger partial charge in [0.1, 0.15) is 17.3 Å². The van der Waals surface area contributed by atoms with Crippen molar-refractivity contribution in [3.63, 3.8) is 0 Å². The van der Waals surface area contributed by atoms with Gasteiger partial charge in [0.15, 0.2) is 0 Å². The molecule has 0 bridgehead atoms. The fraction of sp³-hybridized carbons (Fsp3) is 0.333. The molecule has 1 N–H and O–H groups in total. The van der Waals surface area contributed by atoms with Gasteiger partial charge in [0, 0.05) is 30.0 Å². The van der Waals surface area contributed by atoms with Gasteiger partial charge in [-0.2, -0.15) is 0 Å². The number of Topliss-reactive ketones (excluding diaryl/α,β-unsaturated/α-hetero) is 1. The van der Waals surface area contributed by atoms with Crippen LogP contribution in [0.2, 0.25) is 0 Å². The van der Waals surface area contributed by atoms with E-state index in [9.17, 15) is 14.7 Å². The number of benzene rings is 3. The Morgan fingerprint density at radius 3 is 2.17 bits per heavy atom. The topological polar surface area (TPSA) is 79.3 Å². The molecule has 1 atom stereocenters. The van der Waals surface area contributed by atoms with E-state index in [1.165, 1.54) is 4.90 Å². The Hall–Kier alpha value is -4.26. The predicted octanol–water partition coefficient (Wildman–Crippen LogP) is 6.51. The van der Waals surface area contributed by atoms with E-state index in [-0.39, 0.29) is 11.3 Å². The van der Waals surface area contributed by atoms with Crippen molar-refractivity contribution in [3.05, 3.63) is 89.0 Å². The molecule has 1 saturated heterocycles. The third-order valence-electron chi connectivity index (χ3n) is 7.15. The Labute approximate surface area is 236 Å². The predicted molar refractivity (Wildman–Crippen MR) is 159 cm³/mol. The summed E-state index contributed by atoms with van der Waals surface area (Å²) in [6, 6.07) is 19.3. The number of anilines is 2. The highest BCUT2D eigenvalue weighted by Crippen LogP contribution is 2.43. The minimum atomic E-state index is -0.809. The Bertz CT molecular complexity index is 1390. The second-order valence-corrected chi connectivity index (χ2v) is 10.3. The molecule has 1 aliphatic rings. The van der Waals surface area contributed by atoms with Crippen LogP contribution in [0.25, 0.3) is 5.76 Å². The zero-order valence-corrected chi connectivity index (χ0v) is 24.1. The van der Waals surface area contributed by atoms with Gasteiger partial charge in [0.05, 0.1) is 25.3 Å². The largest absolute Gasteiger partial charge is 0.507 e. The summed E-state index contributed by atoms with van der Waals surface area (Å²) < 4.78 is 11.2. The van der Waals surface area contributed by atoms with Gasteiger partial charge in [-0.15, -0.1) is 0 Å². The number of hydrogen-bond acceptors (Lipinski definition) is 6. The number of hydrogen-bond donors (Lipinski definition) is 1. The molecule has 1 amide bonds. The quantitative estimate of drug-likeness (QED) is 0.179. The first-order valence-electron chi connectivity index (χ1n) is 13.7. The highest BCUT2D eigenvalue weighted by molar-refractivity contribution is 6.51. The van der Waals surface area contributed by atoms with E-state index in [1.807, 2.05) is 31.2 Å². The number of aliphatic hydroxyl groups excluding tert-OH is 1. The fourth-order valence-corrected chi connectivity index (χ4v) is 4.98. The molecule has 0 saturated carbocycles. The van der Waals surface area contributed by atoms with Crippen molar-refractivity contribution in [2.75, 3.05) is 36.6 Å². The van der Waals surface area contributed by atoms with Crippen LogP contribution < -0.4 is 19.3 Å². The lowest BCUT2D eigenvalue weighted by Crippen LogP contribution is -2.29. The third kappa shape index (κ3) is 5.69. The Morgan fingerprint density at radius 1 is 0.975 bits per heavy atom. The van der Waals surface area contributed by atoms with E-state index in [4.69, 9.17) is 9.47 Å². The van der Waals surface area contributed by atoms with Crippen molar-refractivity contribution in [3.8, 4) is 11.5 Å². The Balaban J connectivity index is 1.84. The molecule has 0 aromatic heterocycles. The van der Waals surface area contributed by atoms with Gasteiger partial charge in [0.2, 0.25) is 0 Å². The lowest BCUT2D eigenvalue weighted by Gasteiger charge is -2.27. The van der Waals surface area contributed by atoms with Crippen molar-refractivity contribution in [1.82, 2.24) is 0 Å². The van der Waals surface area contributed by atoms with Crippen molar-refractivity contribution in [2.24, 2.45) is 5.92 Å². The maximum atomic E-state index is 13.5. The van der Waals surface area contributed by atoms with Gasteiger partial charge in [-0.25, -0.2) is 0 Å². The maximum absolute atomic E-state index is 13.5. The fourth-order valence-electron chi connectivity index (χ4n) is 4.98. The van der Waals surface area contributed by atoms with Crippen LogP contribution in [0.3, 0.4) is 0 Å². The molecule has 1 aliphatic heterocycles. The minimum absolute atomic E-state index is 0.0478. The summed E-state index contributed by atoms with van der Waals surface area (Å²) in [5.41, 5.74) is 3.63. The number of carbonyl (C=O) groups excluding carboxylic acids is 2. The zero-order valence-electron chi connectivity index (χ0n) is 24.1. The first kappa shape index (κ1) is 28.7. The molecule has 3 aromatic rings. The molecule has 7 heteroatoms. The second-order valence-electron chi connectivity index (χ2n) is 10.3. The van der Waals surface area contributed by atoms with E-state index in [2.05, 4.69) is 32.6 Å². The van der Waals surface area contributed by atoms with Crippen molar-refractivity contribution < 1.29 is 24.2 Å². The van der Waals surface area contributed by atoms with Gasteiger partial charge >= 0.3 is 0 Å². The average Bonchev–Trinajstić information content (AvgIpc) is 3.22. The third-order valence-corrected chi connectivity index (χ3v) is 7.15. The van der Waals surface area contributed by atoms with E-state index < -0.39 is 17.7 Å². The van der Waals surface area contributed by atoms with E-state index in [0.717, 1.165) is 29.9 Å². The van der Waals surface area contributed by atoms with Crippen molar-refractivity contribution in [1.29, 1.82) is 0 Å². The van der Waals surface area contributed by atoms with Crippen LogP contribution in [-0.2, 0) is 9.59 Å². The summed E-state index contributed by atoms with van der Waals surface area (Å²) in [6.45, 7) is 12.5. The summed E-state index contributed by atoms with van der Waals surface area (Å²) in [4.78, 5) is 30.7. The van der Waals surface area contributed by atoms with E-state index in [0.29, 0.717) is 35.3 Å². The summed E-state index contributed by atoms with van der Waals surface area (Å²) in [6.07, 6.45) is 0. The molecule has 3 aromatic carbocycles. The van der Waals surface area contributed by atoms with Crippen LogP contribution >= 0.6 is 0 Å². The van der Waals surface area contributed by atoms with Crippen LogP contribution in [-0.4, -0.2) is 43.6 Å². The minimum Gasteiger partial charge on any atom is -0.507 e. The van der Waals surface area contributed by atoms with Crippen LogP contribution in [0.4, 0.5) is 11.4 Å². The number of ether oxygens (including phenoxy) is 2. The smallest absolute Gasteiger partial charge is 0.300 e. The standard InChI is InChI=1S/C33H38N2O5/c1-7-34(8-2)25-12-9-23(10-13-25)30-29(31(36)24-11-18-28(22(5)19-24)40-20-21(3)4)32(37)33(38)35(30)26-14-16-27(39-6)17-15-26/h9-19,21,30,36H,7-8,20H2,1-6H3/b31-29-. The lowest BCUT2D eigenvalue weighted by molar-refractivity contribution is -0.132. The number of amides is 1. The van der Waals surface area contributed by atoms with Gasteiger partial charge in [-0.3, -0.25) is 14.5 Å². The normalized spacial score (nSPS) is 16.5. The monoisotopic (exact) mass is 542 g/mol. The molecule has 1 fully saturated rings. The number of ketones is 1. The highest BCUT2D eigenvalue weighted by atomic mass is 16.5. The van der Waals surface area contributed by atoms with Crippen LogP contribution in [0, 0.1) is 12.8 Å². The number of aliphatic hydroxyl groups is 1. The lowest BCUT2D eigenvalue weighted by atomic mass is 9.94. The molecular formula is C33H38N2O5. The van der Waals surface area contributed by atoms with Crippen molar-refractivity contribution in [2.45, 2.75) is 40.7 Å². The van der Waals surface area contributed by atoms with Crippen LogP contribution in [0.1, 0.15) is 50.4 Å². The molecule has 40 heavy (non-hydrogen) atoms. The summed E-state index contributed by atoms with van der Waals surface area (Å²) in [5.74, 6) is 0.0745. The van der Waals surface area contributed by atoms with Gasteiger partial charge in [-0.05, 0) is 92.4 Å². The summed E-state index contributed by atoms with van der Waals surface area (Å²) in [7, 11) is 1.57. The van der Waals surface area contributed by atoms with Gasteiger partial charge < -0.3 is 19.5 Å². The van der Waals surface area contributed by atoms with Gasteiger partial charge in [0.25, 0.3) is 11.7 Å². The molecule has 0 aliphatic carbocycles. The Morgan fingerprint density at radius 2 is 1.62 bits per heavy atom. The number of methoxy groups -OCH3 is 1. The Kier molecular flexibility index (Phi) is 8.83. The van der Waals surface area contributed by atoms with E-state index in [1.54, 1.807) is 49.6 Å². The van der Waals surface area contributed by atoms with Crippen molar-refractivity contribution >= 4 is 28.8 Å².